The molecule has 5 heteroatoms. The van der Waals surface area contributed by atoms with Gasteiger partial charge in [0, 0.05) is 13.2 Å². The van der Waals surface area contributed by atoms with Crippen LogP contribution in [0.3, 0.4) is 0 Å². The van der Waals surface area contributed by atoms with Crippen LogP contribution < -0.4 is 10.1 Å². The van der Waals surface area contributed by atoms with Crippen molar-refractivity contribution in [2.75, 3.05) is 18.7 Å². The van der Waals surface area contributed by atoms with Crippen molar-refractivity contribution in [3.05, 3.63) is 29.8 Å². The van der Waals surface area contributed by atoms with Crippen molar-refractivity contribution in [2.24, 2.45) is 0 Å². The van der Waals surface area contributed by atoms with E-state index in [-0.39, 0.29) is 12.0 Å². The summed E-state index contributed by atoms with van der Waals surface area (Å²) < 4.78 is 10.8. The number of carbonyl (C=O) groups is 1. The highest BCUT2D eigenvalue weighted by Crippen LogP contribution is 2.18. The Labute approximate surface area is 115 Å². The number of amides is 1. The maximum Gasteiger partial charge on any atom is 0.255 e. The summed E-state index contributed by atoms with van der Waals surface area (Å²) >= 11 is 3.19. The summed E-state index contributed by atoms with van der Waals surface area (Å²) in [5.74, 6) is 0.460. The molecule has 4 nitrogen and oxygen atoms in total. The Morgan fingerprint density at radius 1 is 1.50 bits per heavy atom. The van der Waals surface area contributed by atoms with Crippen molar-refractivity contribution in [3.8, 4) is 5.75 Å². The van der Waals surface area contributed by atoms with Crippen molar-refractivity contribution in [2.45, 2.75) is 18.9 Å². The Kier molecular flexibility index (Phi) is 5.01. The standard InChI is InChI=1S/C13H16BrNO3/c14-9-18-12-6-2-1-5-11(12)13(16)15-8-10-4-3-7-17-10/h1-2,5-6,10H,3-4,7-9H2,(H,15,16). The molecule has 0 aromatic heterocycles. The van der Waals surface area contributed by atoms with Gasteiger partial charge in [-0.1, -0.05) is 12.1 Å². The monoisotopic (exact) mass is 313 g/mol. The Morgan fingerprint density at radius 3 is 3.06 bits per heavy atom. The Morgan fingerprint density at radius 2 is 2.33 bits per heavy atom. The lowest BCUT2D eigenvalue weighted by molar-refractivity contribution is 0.0855. The first-order chi connectivity index (χ1) is 8.81. The summed E-state index contributed by atoms with van der Waals surface area (Å²) in [5, 5.41) is 2.88. The molecule has 98 valence electrons. The number of nitrogens with one attached hydrogen (secondary N) is 1. The van der Waals surface area contributed by atoms with Crippen LogP contribution in [0.15, 0.2) is 24.3 Å². The van der Waals surface area contributed by atoms with Gasteiger partial charge in [0.25, 0.3) is 5.91 Å². The average molecular weight is 314 g/mol. The Hall–Kier alpha value is -1.07. The highest BCUT2D eigenvalue weighted by Gasteiger charge is 2.18. The van der Waals surface area contributed by atoms with Gasteiger partial charge in [-0.2, -0.15) is 0 Å². The van der Waals surface area contributed by atoms with E-state index in [0.29, 0.717) is 23.4 Å². The van der Waals surface area contributed by atoms with Gasteiger partial charge in [-0.3, -0.25) is 4.79 Å². The normalized spacial score (nSPS) is 18.6. The van der Waals surface area contributed by atoms with E-state index in [0.717, 1.165) is 19.4 Å². The average Bonchev–Trinajstić information content (AvgIpc) is 2.90. The lowest BCUT2D eigenvalue weighted by atomic mass is 10.2. The third kappa shape index (κ3) is 3.46. The molecule has 1 saturated heterocycles. The van der Waals surface area contributed by atoms with Crippen LogP contribution >= 0.6 is 15.9 Å². The molecular weight excluding hydrogens is 298 g/mol. The Balaban J connectivity index is 1.94. The first-order valence-corrected chi connectivity index (χ1v) is 7.11. The smallest absolute Gasteiger partial charge is 0.255 e. The molecule has 18 heavy (non-hydrogen) atoms. The van der Waals surface area contributed by atoms with E-state index in [2.05, 4.69) is 21.2 Å². The molecule has 1 fully saturated rings. The van der Waals surface area contributed by atoms with E-state index in [1.165, 1.54) is 0 Å². The number of rotatable bonds is 5. The van der Waals surface area contributed by atoms with Crippen LogP contribution in [-0.2, 0) is 4.74 Å². The molecule has 1 aliphatic heterocycles. The van der Waals surface area contributed by atoms with Crippen LogP contribution in [0.25, 0.3) is 0 Å². The zero-order valence-electron chi connectivity index (χ0n) is 10.0. The van der Waals surface area contributed by atoms with Crippen molar-refractivity contribution >= 4 is 21.8 Å². The van der Waals surface area contributed by atoms with Crippen LogP contribution in [0.4, 0.5) is 0 Å². The second kappa shape index (κ2) is 6.75. The summed E-state index contributed by atoms with van der Waals surface area (Å²) in [7, 11) is 0. The van der Waals surface area contributed by atoms with E-state index in [9.17, 15) is 4.79 Å². The molecule has 0 spiro atoms. The maximum absolute atomic E-state index is 12.0. The molecule has 0 radical (unpaired) electrons. The minimum absolute atomic E-state index is 0.123. The number of alkyl halides is 1. The number of halogens is 1. The first kappa shape index (κ1) is 13.4. The molecule has 2 rings (SSSR count). The lowest BCUT2D eigenvalue weighted by Gasteiger charge is -2.12. The van der Waals surface area contributed by atoms with Gasteiger partial charge in [0.05, 0.1) is 11.7 Å². The Bertz CT molecular complexity index is 405. The summed E-state index contributed by atoms with van der Waals surface area (Å²) in [5.41, 5.74) is 0.915. The summed E-state index contributed by atoms with van der Waals surface area (Å²) in [4.78, 5) is 12.0. The lowest BCUT2D eigenvalue weighted by Crippen LogP contribution is -2.32. The molecule has 1 amide bonds. The van der Waals surface area contributed by atoms with Gasteiger partial charge in [-0.25, -0.2) is 0 Å². The molecule has 0 aliphatic carbocycles. The molecule has 1 atom stereocenters. The van der Waals surface area contributed by atoms with Crippen molar-refractivity contribution in [3.63, 3.8) is 0 Å². The predicted molar refractivity (Wildman–Crippen MR) is 72.2 cm³/mol. The van der Waals surface area contributed by atoms with Crippen molar-refractivity contribution < 1.29 is 14.3 Å². The van der Waals surface area contributed by atoms with Gasteiger partial charge in [0.1, 0.15) is 11.3 Å². The molecular formula is C13H16BrNO3. The third-order valence-corrected chi connectivity index (χ3v) is 3.08. The minimum atomic E-state index is -0.123. The van der Waals surface area contributed by atoms with E-state index >= 15 is 0 Å². The van der Waals surface area contributed by atoms with E-state index in [1.54, 1.807) is 12.1 Å². The summed E-state index contributed by atoms with van der Waals surface area (Å²) in [6, 6.07) is 7.20. The molecule has 1 aromatic rings. The topological polar surface area (TPSA) is 47.6 Å². The molecule has 1 aliphatic rings. The predicted octanol–water partition coefficient (Wildman–Crippen LogP) is 2.33. The third-order valence-electron chi connectivity index (χ3n) is 2.86. The molecule has 1 N–H and O–H groups in total. The largest absolute Gasteiger partial charge is 0.482 e. The number of hydrogen-bond acceptors (Lipinski definition) is 3. The van der Waals surface area contributed by atoms with Gasteiger partial charge in [0.15, 0.2) is 0 Å². The highest BCUT2D eigenvalue weighted by molar-refractivity contribution is 9.09. The fourth-order valence-corrected chi connectivity index (χ4v) is 2.19. The fourth-order valence-electron chi connectivity index (χ4n) is 1.95. The summed E-state index contributed by atoms with van der Waals surface area (Å²) in [6.45, 7) is 1.35. The van der Waals surface area contributed by atoms with Gasteiger partial charge >= 0.3 is 0 Å². The summed E-state index contributed by atoms with van der Waals surface area (Å²) in [6.07, 6.45) is 2.24. The van der Waals surface area contributed by atoms with Crippen LogP contribution in [0.1, 0.15) is 23.2 Å². The van der Waals surface area contributed by atoms with Crippen molar-refractivity contribution in [1.82, 2.24) is 5.32 Å². The maximum atomic E-state index is 12.0. The van der Waals surface area contributed by atoms with Crippen molar-refractivity contribution in [1.29, 1.82) is 0 Å². The highest BCUT2D eigenvalue weighted by atomic mass is 79.9. The van der Waals surface area contributed by atoms with Gasteiger partial charge in [0.2, 0.25) is 0 Å². The second-order valence-corrected chi connectivity index (χ2v) is 4.55. The number of hydrogen-bond donors (Lipinski definition) is 1. The van der Waals surface area contributed by atoms with Gasteiger partial charge < -0.3 is 14.8 Å². The fraction of sp³-hybridized carbons (Fsp3) is 0.462. The first-order valence-electron chi connectivity index (χ1n) is 5.99. The SMILES string of the molecule is O=C(NCC1CCCO1)c1ccccc1OCBr. The number of para-hydroxylation sites is 1. The van der Waals surface area contributed by atoms with Crippen LogP contribution in [0.5, 0.6) is 5.75 Å². The molecule has 1 unspecified atom stereocenters. The zero-order chi connectivity index (χ0) is 12.8. The zero-order valence-corrected chi connectivity index (χ0v) is 11.6. The van der Waals surface area contributed by atoms with Gasteiger partial charge in [-0.15, -0.1) is 0 Å². The number of carbonyl (C=O) groups excluding carboxylic acids is 1. The van der Waals surface area contributed by atoms with E-state index < -0.39 is 0 Å². The van der Waals surface area contributed by atoms with Crippen LogP contribution in [0, 0.1) is 0 Å². The second-order valence-electron chi connectivity index (χ2n) is 4.09. The van der Waals surface area contributed by atoms with E-state index in [1.807, 2.05) is 12.1 Å². The molecule has 1 heterocycles. The van der Waals surface area contributed by atoms with Gasteiger partial charge in [-0.05, 0) is 40.9 Å². The minimum Gasteiger partial charge on any atom is -0.482 e. The number of ether oxygens (including phenoxy) is 2. The van der Waals surface area contributed by atoms with Crippen LogP contribution in [-0.4, -0.2) is 30.7 Å². The molecule has 0 saturated carbocycles. The molecule has 1 aromatic carbocycles. The van der Waals surface area contributed by atoms with Crippen LogP contribution in [0.2, 0.25) is 0 Å². The van der Waals surface area contributed by atoms with E-state index in [4.69, 9.17) is 9.47 Å². The molecule has 0 bridgehead atoms. The quantitative estimate of drug-likeness (QED) is 0.849. The number of benzene rings is 1.